The number of aryl methyl sites for hydroxylation is 2. The SMILES string of the molecule is CCC(C)(C)NC(=O)[C@@H]1CCCN1C.CCC(C)(CC)NC(=O)[C@@H]1CCCN1C.CCC(CC)(CC)NC(=O)[C@@H]1CCCN1C.CN1CCC[C@H]1C(=O)NC(C)(C)c1ccccc1.CN1CCC[C@H]1C(=O)NC1CCCc2ccccc21.CN1CCC[C@H]1C(=O)NC1CCc2ccccc21.C[C@@H](NC(=O)[C@@H]1CCCN1C)c1ccccc1.C[C@H](NC(=O)[C@@H]1CCCN1C)c1ccccc1. The van der Waals surface area contributed by atoms with Crippen LogP contribution in [0.1, 0.15) is 314 Å². The Balaban J connectivity index is 0.000000189. The zero-order valence-corrected chi connectivity index (χ0v) is 86.3. The summed E-state index contributed by atoms with van der Waals surface area (Å²) in [6.07, 6.45) is 28.5. The largest absolute Gasteiger partial charge is 0.350 e. The van der Waals surface area contributed by atoms with E-state index in [0.29, 0.717) is 0 Å². The van der Waals surface area contributed by atoms with E-state index in [1.807, 2.05) is 149 Å². The lowest BCUT2D eigenvalue weighted by Gasteiger charge is -2.34. The van der Waals surface area contributed by atoms with Gasteiger partial charge in [-0.2, -0.15) is 0 Å². The second-order valence-corrected chi connectivity index (χ2v) is 41.1. The minimum Gasteiger partial charge on any atom is -0.350 e. The van der Waals surface area contributed by atoms with Crippen LogP contribution in [0.5, 0.6) is 0 Å². The number of carbonyl (C=O) groups excluding carboxylic acids is 8. The molecule has 8 heterocycles. The van der Waals surface area contributed by atoms with Crippen molar-refractivity contribution in [1.29, 1.82) is 0 Å². The maximum atomic E-state index is 12.4. The molecule has 15 rings (SSSR count). The Kier molecular flexibility index (Phi) is 45.2. The fourth-order valence-corrected chi connectivity index (χ4v) is 20.3. The van der Waals surface area contributed by atoms with Crippen LogP contribution in [0.3, 0.4) is 0 Å². The lowest BCUT2D eigenvalue weighted by Crippen LogP contribution is -2.52. The van der Waals surface area contributed by atoms with Gasteiger partial charge >= 0.3 is 0 Å². The molecule has 12 atom stereocenters. The lowest BCUT2D eigenvalue weighted by molar-refractivity contribution is -0.128. The van der Waals surface area contributed by atoms with E-state index in [2.05, 4.69) is 219 Å². The van der Waals surface area contributed by atoms with Gasteiger partial charge in [-0.05, 0) is 370 Å². The Hall–Kier alpha value is -8.46. The number of hydrogen-bond acceptors (Lipinski definition) is 16. The zero-order chi connectivity index (χ0) is 97.9. The lowest BCUT2D eigenvalue weighted by atomic mass is 9.87. The van der Waals surface area contributed by atoms with Crippen LogP contribution in [0.4, 0.5) is 0 Å². The standard InChI is InChI=1S/C16H22N2O.C15H20N2O.C15H22N2O.2C14H20N2O.C13H26N2O.C12H24N2O.C11H22N2O/c1-18-11-5-10-15(18)16(19)17-14-9-4-7-12-6-2-3-8-13(12)14;1-17-10-4-7-14(17)15(18)16-13-9-8-11-5-2-3-6-12(11)13;1-15(2,12-8-5-4-6-9-12)16-14(18)13-10-7-11-17(13)3;2*1-11(12-7-4-3-5-8-12)15-14(17)13-9-6-10-16(13)2;1-5-13(6-2,7-3)14-12(16)11-9-8-10-15(11)4;1-5-12(3,6-2)13-11(15)10-8-7-9-14(10)4;1-5-11(2,3)12-10(14)9-7-6-8-13(9)4/h2-3,6,8,14-15H,4-5,7,9-11H2,1H3,(H,17,19);2-3,5-6,13-14H,4,7-10H2,1H3,(H,16,18);4-6,8-9,13H,7,10-11H2,1-3H3,(H,16,18);2*3-5,7-8,11,13H,6,9-10H2,1-2H3,(H,15,17);11H,5-10H2,1-4H3,(H,14,16);10H,5-9H2,1-4H3,(H,13,15);9H,5-8H2,1-4H3,(H,12,14)/t14?,15-;13?,14-;13-;11-,13+;11-,13-;11-;10-;9-/m00010000/s1. The van der Waals surface area contributed by atoms with Gasteiger partial charge in [-0.3, -0.25) is 77.6 Å². The highest BCUT2D eigenvalue weighted by Gasteiger charge is 2.40. The average Bonchev–Trinajstić information content (AvgIpc) is 1.81. The molecule has 8 fully saturated rings. The monoisotopic (exact) mass is 1850 g/mol. The number of likely N-dealkylation sites (N-methyl/N-ethyl adjacent to an activating group) is 8. The van der Waals surface area contributed by atoms with Crippen LogP contribution in [0, 0.1) is 0 Å². The quantitative estimate of drug-likeness (QED) is 0.0270. The summed E-state index contributed by atoms with van der Waals surface area (Å²) in [6, 6.07) is 48.4. The number of likely N-dealkylation sites (tertiary alicyclic amines) is 8. The third-order valence-electron chi connectivity index (χ3n) is 30.7. The van der Waals surface area contributed by atoms with E-state index in [1.54, 1.807) is 0 Å². The van der Waals surface area contributed by atoms with E-state index < -0.39 is 0 Å². The number of fused-ring (bicyclic) bond motifs is 2. The fraction of sp³-hybridized carbons (Fsp3) is 0.655. The molecule has 8 N–H and O–H groups in total. The van der Waals surface area contributed by atoms with Crippen LogP contribution in [-0.4, -0.2) is 260 Å². The first-order valence-electron chi connectivity index (χ1n) is 51.4. The molecule has 8 amide bonds. The van der Waals surface area contributed by atoms with Crippen molar-refractivity contribution < 1.29 is 38.4 Å². The summed E-state index contributed by atoms with van der Waals surface area (Å²) in [6.45, 7) is 35.5. The molecule has 5 aromatic rings. The molecule has 0 bridgehead atoms. The summed E-state index contributed by atoms with van der Waals surface area (Å²) >= 11 is 0. The molecule has 0 aromatic heterocycles. The van der Waals surface area contributed by atoms with E-state index in [0.717, 1.165) is 236 Å². The molecular weight excluding hydrogens is 1670 g/mol. The molecule has 744 valence electrons. The number of benzene rings is 5. The molecule has 0 radical (unpaired) electrons. The van der Waals surface area contributed by atoms with Crippen molar-refractivity contribution in [2.75, 3.05) is 109 Å². The number of nitrogens with zero attached hydrogens (tertiary/aromatic N) is 8. The van der Waals surface area contributed by atoms with Crippen LogP contribution in [0.2, 0.25) is 0 Å². The highest BCUT2D eigenvalue weighted by Crippen LogP contribution is 2.34. The first-order chi connectivity index (χ1) is 63.9. The second kappa shape index (κ2) is 54.6. The third-order valence-corrected chi connectivity index (χ3v) is 30.7. The normalized spacial score (nSPS) is 23.7. The minimum atomic E-state index is -0.318. The smallest absolute Gasteiger partial charge is 0.238 e. The molecule has 24 nitrogen and oxygen atoms in total. The van der Waals surface area contributed by atoms with E-state index in [4.69, 9.17) is 0 Å². The molecule has 24 heteroatoms. The first kappa shape index (κ1) is 111. The molecular formula is C110H176N16O8. The maximum absolute atomic E-state index is 12.4. The van der Waals surface area contributed by atoms with Gasteiger partial charge in [0.1, 0.15) is 0 Å². The van der Waals surface area contributed by atoms with Gasteiger partial charge in [-0.1, -0.05) is 181 Å². The predicted octanol–water partition coefficient (Wildman–Crippen LogP) is 15.5. The van der Waals surface area contributed by atoms with Gasteiger partial charge in [-0.25, -0.2) is 0 Å². The number of nitrogens with one attached hydrogen (secondary N) is 8. The number of amides is 8. The number of carbonyl (C=O) groups is 8. The fourth-order valence-electron chi connectivity index (χ4n) is 20.3. The third kappa shape index (κ3) is 33.2. The topological polar surface area (TPSA) is 259 Å². The summed E-state index contributed by atoms with van der Waals surface area (Å²) in [5.74, 6) is 1.49. The Morgan fingerprint density at radius 3 is 0.903 bits per heavy atom. The van der Waals surface area contributed by atoms with Gasteiger partial charge in [-0.15, -0.1) is 0 Å². The van der Waals surface area contributed by atoms with Gasteiger partial charge in [0, 0.05) is 16.6 Å². The Morgan fingerprint density at radius 2 is 0.582 bits per heavy atom. The van der Waals surface area contributed by atoms with Gasteiger partial charge in [0.05, 0.1) is 78.0 Å². The molecule has 8 saturated heterocycles. The predicted molar refractivity (Wildman–Crippen MR) is 546 cm³/mol. The summed E-state index contributed by atoms with van der Waals surface area (Å²) in [7, 11) is 16.2. The molecule has 2 aliphatic carbocycles. The van der Waals surface area contributed by atoms with Crippen molar-refractivity contribution in [3.8, 4) is 0 Å². The van der Waals surface area contributed by atoms with Crippen molar-refractivity contribution >= 4 is 47.3 Å². The summed E-state index contributed by atoms with van der Waals surface area (Å²) in [4.78, 5) is 114. The van der Waals surface area contributed by atoms with Crippen LogP contribution < -0.4 is 42.5 Å². The van der Waals surface area contributed by atoms with E-state index in [9.17, 15) is 38.4 Å². The highest BCUT2D eigenvalue weighted by atomic mass is 16.2. The summed E-state index contributed by atoms with van der Waals surface area (Å²) in [5.41, 5.74) is 8.47. The molecule has 10 aliphatic rings. The molecule has 134 heavy (non-hydrogen) atoms. The van der Waals surface area contributed by atoms with Crippen molar-refractivity contribution in [1.82, 2.24) is 81.7 Å². The van der Waals surface area contributed by atoms with Gasteiger partial charge in [0.15, 0.2) is 0 Å². The van der Waals surface area contributed by atoms with Crippen molar-refractivity contribution in [2.45, 2.75) is 358 Å². The van der Waals surface area contributed by atoms with Gasteiger partial charge in [0.2, 0.25) is 47.3 Å². The summed E-state index contributed by atoms with van der Waals surface area (Å²) < 4.78 is 0. The Labute approximate surface area is 808 Å². The van der Waals surface area contributed by atoms with Crippen LogP contribution >= 0.6 is 0 Å². The average molecular weight is 1850 g/mol. The summed E-state index contributed by atoms with van der Waals surface area (Å²) in [5, 5.41) is 25.4. The van der Waals surface area contributed by atoms with Gasteiger partial charge < -0.3 is 42.5 Å². The molecule has 8 aliphatic heterocycles. The maximum Gasteiger partial charge on any atom is 0.238 e. The molecule has 0 saturated carbocycles. The van der Waals surface area contributed by atoms with Crippen LogP contribution in [-0.2, 0) is 56.7 Å². The molecule has 0 spiro atoms. The number of rotatable bonds is 25. The van der Waals surface area contributed by atoms with Crippen LogP contribution in [0.25, 0.3) is 0 Å². The molecule has 5 aromatic carbocycles. The van der Waals surface area contributed by atoms with Gasteiger partial charge in [0.25, 0.3) is 0 Å². The van der Waals surface area contributed by atoms with E-state index >= 15 is 0 Å². The van der Waals surface area contributed by atoms with E-state index in [-0.39, 0.29) is 142 Å². The number of hydrogen-bond donors (Lipinski definition) is 8. The Bertz CT molecular complexity index is 4310. The minimum absolute atomic E-state index is 0.0144. The van der Waals surface area contributed by atoms with Crippen molar-refractivity contribution in [2.24, 2.45) is 0 Å². The van der Waals surface area contributed by atoms with E-state index in [1.165, 1.54) is 28.7 Å². The van der Waals surface area contributed by atoms with Crippen molar-refractivity contribution in [3.63, 3.8) is 0 Å². The second-order valence-electron chi connectivity index (χ2n) is 41.1. The highest BCUT2D eigenvalue weighted by molar-refractivity contribution is 5.86. The van der Waals surface area contributed by atoms with Crippen molar-refractivity contribution in [3.05, 3.63) is 178 Å². The first-order valence-corrected chi connectivity index (χ1v) is 51.4. The zero-order valence-electron chi connectivity index (χ0n) is 86.3. The molecule has 2 unspecified atom stereocenters. The Morgan fingerprint density at radius 1 is 0.299 bits per heavy atom. The van der Waals surface area contributed by atoms with Crippen LogP contribution in [0.15, 0.2) is 140 Å².